The Morgan fingerprint density at radius 1 is 0.879 bits per heavy atom. The Bertz CT molecular complexity index is 1270. The SMILES string of the molecule is CN1C(=O)c2ccccc2[C@H](C(=O)Nc2ccc(Oc3ccccc3)cc2)[C@@H]1c1cccs1. The fraction of sp³-hybridized carbons (Fsp3) is 0.111. The standard InChI is InChI=1S/C27H22N2O3S/c1-29-25(23-12-7-17-33-23)24(21-10-5-6-11-22(21)27(29)31)26(30)28-18-13-15-20(16-14-18)32-19-8-3-2-4-9-19/h2-17,24-25H,1H3,(H,28,30)/t24-,25-/m0/s1. The average Bonchev–Trinajstić information content (AvgIpc) is 3.37. The van der Waals surface area contributed by atoms with Crippen LogP contribution in [0.15, 0.2) is 96.4 Å². The first-order chi connectivity index (χ1) is 16.1. The van der Waals surface area contributed by atoms with Gasteiger partial charge in [0.15, 0.2) is 0 Å². The van der Waals surface area contributed by atoms with Gasteiger partial charge in [-0.15, -0.1) is 11.3 Å². The molecule has 0 bridgehead atoms. The van der Waals surface area contributed by atoms with Gasteiger partial charge in [0.1, 0.15) is 11.5 Å². The zero-order chi connectivity index (χ0) is 22.8. The molecule has 2 heterocycles. The van der Waals surface area contributed by atoms with E-state index in [-0.39, 0.29) is 17.9 Å². The molecule has 0 fully saturated rings. The summed E-state index contributed by atoms with van der Waals surface area (Å²) in [4.78, 5) is 29.3. The largest absolute Gasteiger partial charge is 0.457 e. The van der Waals surface area contributed by atoms with Crippen LogP contribution in [0.25, 0.3) is 0 Å². The maximum atomic E-state index is 13.6. The Balaban J connectivity index is 1.42. The summed E-state index contributed by atoms with van der Waals surface area (Å²) in [6, 6.07) is 27.7. The van der Waals surface area contributed by atoms with E-state index < -0.39 is 5.92 Å². The second kappa shape index (κ2) is 8.92. The van der Waals surface area contributed by atoms with Crippen molar-refractivity contribution in [2.45, 2.75) is 12.0 Å². The molecule has 0 aliphatic carbocycles. The van der Waals surface area contributed by atoms with Crippen molar-refractivity contribution >= 4 is 28.8 Å². The van der Waals surface area contributed by atoms with E-state index in [1.54, 1.807) is 29.4 Å². The summed E-state index contributed by atoms with van der Waals surface area (Å²) in [5.41, 5.74) is 1.99. The maximum absolute atomic E-state index is 13.6. The van der Waals surface area contributed by atoms with Gasteiger partial charge in [-0.1, -0.05) is 42.5 Å². The van der Waals surface area contributed by atoms with Crippen LogP contribution in [0, 0.1) is 0 Å². The van der Waals surface area contributed by atoms with Crippen LogP contribution in [0.2, 0.25) is 0 Å². The number of anilines is 1. The van der Waals surface area contributed by atoms with Crippen molar-refractivity contribution in [2.24, 2.45) is 0 Å². The molecule has 0 spiro atoms. The van der Waals surface area contributed by atoms with E-state index in [9.17, 15) is 9.59 Å². The fourth-order valence-electron chi connectivity index (χ4n) is 4.22. The molecule has 4 aromatic rings. The predicted octanol–water partition coefficient (Wildman–Crippen LogP) is 6.09. The third kappa shape index (κ3) is 4.13. The van der Waals surface area contributed by atoms with Gasteiger partial charge in [-0.2, -0.15) is 0 Å². The Labute approximate surface area is 196 Å². The van der Waals surface area contributed by atoms with Gasteiger partial charge in [-0.05, 0) is 59.5 Å². The lowest BCUT2D eigenvalue weighted by Crippen LogP contribution is -2.43. The lowest BCUT2D eigenvalue weighted by atomic mass is 9.81. The van der Waals surface area contributed by atoms with E-state index in [4.69, 9.17) is 4.74 Å². The summed E-state index contributed by atoms with van der Waals surface area (Å²) in [6.45, 7) is 0. The smallest absolute Gasteiger partial charge is 0.254 e. The average molecular weight is 455 g/mol. The first-order valence-electron chi connectivity index (χ1n) is 10.6. The van der Waals surface area contributed by atoms with Gasteiger partial charge in [0.25, 0.3) is 5.91 Å². The summed E-state index contributed by atoms with van der Waals surface area (Å²) in [5.74, 6) is 0.679. The topological polar surface area (TPSA) is 58.6 Å². The number of nitrogens with zero attached hydrogens (tertiary/aromatic N) is 1. The van der Waals surface area contributed by atoms with E-state index in [0.717, 1.165) is 16.2 Å². The molecule has 5 rings (SSSR count). The highest BCUT2D eigenvalue weighted by atomic mass is 32.1. The van der Waals surface area contributed by atoms with Crippen molar-refractivity contribution in [1.82, 2.24) is 4.90 Å². The van der Waals surface area contributed by atoms with Crippen LogP contribution in [0.4, 0.5) is 5.69 Å². The number of thiophene rings is 1. The Hall–Kier alpha value is -3.90. The molecule has 0 saturated heterocycles. The number of benzene rings is 3. The number of carbonyl (C=O) groups excluding carboxylic acids is 2. The molecule has 1 N–H and O–H groups in total. The molecule has 1 aliphatic heterocycles. The van der Waals surface area contributed by atoms with Gasteiger partial charge in [0.05, 0.1) is 12.0 Å². The molecule has 0 unspecified atom stereocenters. The molecule has 164 valence electrons. The van der Waals surface area contributed by atoms with Gasteiger partial charge in [-0.3, -0.25) is 9.59 Å². The Morgan fingerprint density at radius 2 is 1.58 bits per heavy atom. The van der Waals surface area contributed by atoms with Crippen molar-refractivity contribution in [3.05, 3.63) is 112 Å². The van der Waals surface area contributed by atoms with Crippen molar-refractivity contribution in [3.63, 3.8) is 0 Å². The van der Waals surface area contributed by atoms with E-state index in [0.29, 0.717) is 17.0 Å². The van der Waals surface area contributed by atoms with Crippen LogP contribution in [0.5, 0.6) is 11.5 Å². The summed E-state index contributed by atoms with van der Waals surface area (Å²) < 4.78 is 5.84. The number of hydrogen-bond acceptors (Lipinski definition) is 4. The molecule has 2 atom stereocenters. The quantitative estimate of drug-likeness (QED) is 0.397. The molecular weight excluding hydrogens is 432 g/mol. The minimum atomic E-state index is -0.525. The molecule has 6 heteroatoms. The molecule has 2 amide bonds. The molecule has 0 radical (unpaired) electrons. The number of rotatable bonds is 5. The van der Waals surface area contributed by atoms with Crippen molar-refractivity contribution in [3.8, 4) is 11.5 Å². The predicted molar refractivity (Wildman–Crippen MR) is 130 cm³/mol. The van der Waals surface area contributed by atoms with E-state index in [2.05, 4.69) is 5.32 Å². The third-order valence-corrected chi connectivity index (χ3v) is 6.74. The maximum Gasteiger partial charge on any atom is 0.254 e. The summed E-state index contributed by atoms with van der Waals surface area (Å²) >= 11 is 1.55. The second-order valence-corrected chi connectivity index (χ2v) is 8.85. The number of likely N-dealkylation sites (N-methyl/N-ethyl adjacent to an activating group) is 1. The van der Waals surface area contributed by atoms with E-state index in [1.807, 2.05) is 90.3 Å². The minimum absolute atomic E-state index is 0.0736. The summed E-state index contributed by atoms with van der Waals surface area (Å²) in [6.07, 6.45) is 0. The molecule has 0 saturated carbocycles. The van der Waals surface area contributed by atoms with Crippen LogP contribution in [0.1, 0.15) is 32.8 Å². The summed E-state index contributed by atoms with van der Waals surface area (Å²) in [5, 5.41) is 5.01. The molecule has 5 nitrogen and oxygen atoms in total. The van der Waals surface area contributed by atoms with Gasteiger partial charge in [-0.25, -0.2) is 0 Å². The summed E-state index contributed by atoms with van der Waals surface area (Å²) in [7, 11) is 1.76. The number of amides is 2. The van der Waals surface area contributed by atoms with E-state index in [1.165, 1.54) is 0 Å². The number of hydrogen-bond donors (Lipinski definition) is 1. The second-order valence-electron chi connectivity index (χ2n) is 7.87. The number of carbonyl (C=O) groups is 2. The minimum Gasteiger partial charge on any atom is -0.457 e. The fourth-order valence-corrected chi connectivity index (χ4v) is 5.13. The molecular formula is C27H22N2O3S. The lowest BCUT2D eigenvalue weighted by molar-refractivity contribution is -0.119. The van der Waals surface area contributed by atoms with Crippen molar-refractivity contribution in [2.75, 3.05) is 12.4 Å². The Kier molecular flexibility index (Phi) is 5.67. The van der Waals surface area contributed by atoms with Gasteiger partial charge < -0.3 is 15.0 Å². The van der Waals surface area contributed by atoms with Crippen molar-refractivity contribution in [1.29, 1.82) is 0 Å². The first kappa shape index (κ1) is 21.0. The van der Waals surface area contributed by atoms with Gasteiger partial charge >= 0.3 is 0 Å². The normalized spacial score (nSPS) is 17.4. The van der Waals surface area contributed by atoms with Crippen LogP contribution in [0.3, 0.4) is 0 Å². The first-order valence-corrected chi connectivity index (χ1v) is 11.5. The molecule has 1 aliphatic rings. The third-order valence-electron chi connectivity index (χ3n) is 5.80. The van der Waals surface area contributed by atoms with Crippen LogP contribution in [-0.2, 0) is 4.79 Å². The molecule has 3 aromatic carbocycles. The van der Waals surface area contributed by atoms with Gasteiger partial charge in [0, 0.05) is 23.2 Å². The van der Waals surface area contributed by atoms with Gasteiger partial charge in [0.2, 0.25) is 5.91 Å². The lowest BCUT2D eigenvalue weighted by Gasteiger charge is -2.39. The zero-order valence-corrected chi connectivity index (χ0v) is 18.8. The zero-order valence-electron chi connectivity index (χ0n) is 18.0. The highest BCUT2D eigenvalue weighted by molar-refractivity contribution is 7.10. The monoisotopic (exact) mass is 454 g/mol. The molecule has 33 heavy (non-hydrogen) atoms. The van der Waals surface area contributed by atoms with Crippen LogP contribution >= 0.6 is 11.3 Å². The number of nitrogens with one attached hydrogen (secondary N) is 1. The highest BCUT2D eigenvalue weighted by Crippen LogP contribution is 2.43. The number of ether oxygens (including phenoxy) is 1. The number of para-hydroxylation sites is 1. The van der Waals surface area contributed by atoms with Crippen LogP contribution in [-0.4, -0.2) is 23.8 Å². The highest BCUT2D eigenvalue weighted by Gasteiger charge is 2.43. The molecule has 1 aromatic heterocycles. The van der Waals surface area contributed by atoms with Crippen molar-refractivity contribution < 1.29 is 14.3 Å². The van der Waals surface area contributed by atoms with Crippen LogP contribution < -0.4 is 10.1 Å². The Morgan fingerprint density at radius 3 is 2.30 bits per heavy atom. The number of fused-ring (bicyclic) bond motifs is 1. The van der Waals surface area contributed by atoms with E-state index >= 15 is 0 Å².